The maximum Gasteiger partial charge on any atom is 0.226 e. The highest BCUT2D eigenvalue weighted by Gasteiger charge is 2.33. The third kappa shape index (κ3) is 3.55. The smallest absolute Gasteiger partial charge is 0.226 e. The fourth-order valence-corrected chi connectivity index (χ4v) is 5.20. The monoisotopic (exact) mass is 383 g/mol. The number of nitrogens with zero attached hydrogens (tertiary/aromatic N) is 1. The lowest BCUT2D eigenvalue weighted by Crippen LogP contribution is -2.40. The van der Waals surface area contributed by atoms with Crippen LogP contribution in [0.4, 0.5) is 0 Å². The Morgan fingerprint density at radius 2 is 2.12 bits per heavy atom. The molecule has 3 heterocycles. The minimum Gasteiger partial charge on any atom is -0.493 e. The maximum atomic E-state index is 12.9. The molecule has 5 heteroatoms. The van der Waals surface area contributed by atoms with Crippen molar-refractivity contribution in [3.63, 3.8) is 0 Å². The molecule has 0 saturated carbocycles. The molecule has 3 aromatic rings. The summed E-state index contributed by atoms with van der Waals surface area (Å²) in [4.78, 5) is 17.6. The van der Waals surface area contributed by atoms with Crippen molar-refractivity contribution >= 4 is 28.6 Å². The first-order chi connectivity index (χ1) is 12.7. The zero-order chi connectivity index (χ0) is 17.9. The van der Waals surface area contributed by atoms with Crippen LogP contribution in [0.2, 0.25) is 0 Å². The average Bonchev–Trinajstić information content (AvgIpc) is 3.32. The largest absolute Gasteiger partial charge is 0.493 e. The summed E-state index contributed by atoms with van der Waals surface area (Å²) < 4.78 is 5.79. The second kappa shape index (κ2) is 7.64. The molecule has 0 N–H and O–H groups in total. The number of thiophene rings is 2. The molecule has 2 aromatic heterocycles. The molecule has 0 aliphatic carbocycles. The molecule has 0 spiro atoms. The maximum absolute atomic E-state index is 12.9. The Balaban J connectivity index is 1.46. The summed E-state index contributed by atoms with van der Waals surface area (Å²) in [5.41, 5.74) is 2.45. The Morgan fingerprint density at radius 1 is 1.19 bits per heavy atom. The van der Waals surface area contributed by atoms with Crippen LogP contribution in [0.1, 0.15) is 33.3 Å². The molecule has 0 saturated heterocycles. The first-order valence-electron chi connectivity index (χ1n) is 8.81. The van der Waals surface area contributed by atoms with E-state index in [4.69, 9.17) is 4.74 Å². The van der Waals surface area contributed by atoms with E-state index in [-0.39, 0.29) is 11.9 Å². The minimum absolute atomic E-state index is 0.0523. The molecule has 1 aliphatic rings. The number of carbonyl (C=O) groups is 1. The number of aryl methyl sites for hydroxylation is 1. The standard InChI is InChI=1S/C21H21NO2S2/c1-15-4-2-5-16(14-15)24-11-8-20(23)22-10-7-18-17(9-13-26-18)21(22)19-6-3-12-25-19/h2-6,9,12-14,21H,7-8,10-11H2,1H3/t21-/m0/s1. The van der Waals surface area contributed by atoms with E-state index < -0.39 is 0 Å². The predicted octanol–water partition coefficient (Wildman–Crippen LogP) is 5.06. The zero-order valence-electron chi connectivity index (χ0n) is 14.7. The molecule has 3 nitrogen and oxygen atoms in total. The Kier molecular flexibility index (Phi) is 5.09. The van der Waals surface area contributed by atoms with Crippen LogP contribution in [0.15, 0.2) is 53.2 Å². The topological polar surface area (TPSA) is 29.5 Å². The van der Waals surface area contributed by atoms with Gasteiger partial charge >= 0.3 is 0 Å². The van der Waals surface area contributed by atoms with E-state index in [0.29, 0.717) is 13.0 Å². The van der Waals surface area contributed by atoms with Crippen molar-refractivity contribution in [3.05, 3.63) is 74.1 Å². The van der Waals surface area contributed by atoms with Gasteiger partial charge in [-0.15, -0.1) is 22.7 Å². The SMILES string of the molecule is Cc1cccc(OCCC(=O)N2CCc3sccc3[C@H]2c2cccs2)c1. The molecule has 0 radical (unpaired) electrons. The van der Waals surface area contributed by atoms with Crippen molar-refractivity contribution in [3.8, 4) is 5.75 Å². The van der Waals surface area contributed by atoms with Crippen LogP contribution >= 0.6 is 22.7 Å². The highest BCUT2D eigenvalue weighted by Crippen LogP contribution is 2.39. The first-order valence-corrected chi connectivity index (χ1v) is 10.6. The summed E-state index contributed by atoms with van der Waals surface area (Å²) in [6.07, 6.45) is 1.34. The molecule has 0 bridgehead atoms. The molecule has 1 aromatic carbocycles. The number of benzene rings is 1. The van der Waals surface area contributed by atoms with Crippen molar-refractivity contribution in [1.82, 2.24) is 4.90 Å². The molecule has 1 aliphatic heterocycles. The second-order valence-electron chi connectivity index (χ2n) is 6.47. The molecule has 26 heavy (non-hydrogen) atoms. The Labute approximate surface area is 161 Å². The van der Waals surface area contributed by atoms with Gasteiger partial charge in [0.2, 0.25) is 5.91 Å². The van der Waals surface area contributed by atoms with E-state index in [9.17, 15) is 4.79 Å². The lowest BCUT2D eigenvalue weighted by molar-refractivity contribution is -0.133. The van der Waals surface area contributed by atoms with E-state index >= 15 is 0 Å². The highest BCUT2D eigenvalue weighted by atomic mass is 32.1. The van der Waals surface area contributed by atoms with Crippen molar-refractivity contribution in [2.45, 2.75) is 25.8 Å². The molecular formula is C21H21NO2S2. The summed E-state index contributed by atoms with van der Waals surface area (Å²) in [6, 6.07) is 14.4. The number of hydrogen-bond acceptors (Lipinski definition) is 4. The summed E-state index contributed by atoms with van der Waals surface area (Å²) >= 11 is 3.52. The highest BCUT2D eigenvalue weighted by molar-refractivity contribution is 7.10. The summed E-state index contributed by atoms with van der Waals surface area (Å²) in [6.45, 7) is 3.22. The Morgan fingerprint density at radius 3 is 2.92 bits per heavy atom. The number of fused-ring (bicyclic) bond motifs is 1. The quantitative estimate of drug-likeness (QED) is 0.616. The van der Waals surface area contributed by atoms with Crippen LogP contribution in [-0.4, -0.2) is 24.0 Å². The number of ether oxygens (including phenoxy) is 1. The molecule has 134 valence electrons. The van der Waals surface area contributed by atoms with Crippen LogP contribution in [0.3, 0.4) is 0 Å². The van der Waals surface area contributed by atoms with Crippen molar-refractivity contribution < 1.29 is 9.53 Å². The van der Waals surface area contributed by atoms with Crippen LogP contribution in [0.25, 0.3) is 0 Å². The lowest BCUT2D eigenvalue weighted by Gasteiger charge is -2.35. The molecular weight excluding hydrogens is 362 g/mol. The van der Waals surface area contributed by atoms with Gasteiger partial charge in [-0.25, -0.2) is 0 Å². The predicted molar refractivity (Wildman–Crippen MR) is 107 cm³/mol. The van der Waals surface area contributed by atoms with E-state index in [1.54, 1.807) is 22.7 Å². The van der Waals surface area contributed by atoms with Crippen molar-refractivity contribution in [2.24, 2.45) is 0 Å². The lowest BCUT2D eigenvalue weighted by atomic mass is 9.98. The van der Waals surface area contributed by atoms with Gasteiger partial charge in [-0.05, 0) is 59.5 Å². The molecule has 4 rings (SSSR count). The van der Waals surface area contributed by atoms with Crippen LogP contribution in [-0.2, 0) is 11.2 Å². The normalized spacial score (nSPS) is 16.3. The molecule has 1 atom stereocenters. The summed E-state index contributed by atoms with van der Waals surface area (Å²) in [5, 5.41) is 4.22. The van der Waals surface area contributed by atoms with Crippen LogP contribution < -0.4 is 4.74 Å². The van der Waals surface area contributed by atoms with Gasteiger partial charge in [0, 0.05) is 16.3 Å². The van der Waals surface area contributed by atoms with Crippen molar-refractivity contribution in [1.29, 1.82) is 0 Å². The van der Waals surface area contributed by atoms with Gasteiger partial charge < -0.3 is 9.64 Å². The van der Waals surface area contributed by atoms with E-state index in [1.165, 1.54) is 15.3 Å². The second-order valence-corrected chi connectivity index (χ2v) is 8.45. The molecule has 0 unspecified atom stereocenters. The molecule has 1 amide bonds. The van der Waals surface area contributed by atoms with Crippen molar-refractivity contribution in [2.75, 3.05) is 13.2 Å². The third-order valence-corrected chi connectivity index (χ3v) is 6.59. The van der Waals surface area contributed by atoms with Gasteiger partial charge in [0.25, 0.3) is 0 Å². The van der Waals surface area contributed by atoms with E-state index in [0.717, 1.165) is 24.3 Å². The van der Waals surface area contributed by atoms with Gasteiger partial charge in [0.15, 0.2) is 0 Å². The van der Waals surface area contributed by atoms with Crippen LogP contribution in [0.5, 0.6) is 5.75 Å². The Hall–Kier alpha value is -2.11. The molecule has 0 fully saturated rings. The average molecular weight is 384 g/mol. The van der Waals surface area contributed by atoms with Gasteiger partial charge in [-0.1, -0.05) is 18.2 Å². The minimum atomic E-state index is 0.0523. The van der Waals surface area contributed by atoms with E-state index in [2.05, 4.69) is 29.0 Å². The van der Waals surface area contributed by atoms with Gasteiger partial charge in [0.05, 0.1) is 19.1 Å². The van der Waals surface area contributed by atoms with Gasteiger partial charge in [0.1, 0.15) is 5.75 Å². The van der Waals surface area contributed by atoms with Gasteiger partial charge in [-0.2, -0.15) is 0 Å². The van der Waals surface area contributed by atoms with Crippen LogP contribution in [0, 0.1) is 6.92 Å². The fraction of sp³-hybridized carbons (Fsp3) is 0.286. The zero-order valence-corrected chi connectivity index (χ0v) is 16.3. The summed E-state index contributed by atoms with van der Waals surface area (Å²) in [5.74, 6) is 0.985. The summed E-state index contributed by atoms with van der Waals surface area (Å²) in [7, 11) is 0. The fourth-order valence-electron chi connectivity index (χ4n) is 3.44. The third-order valence-electron chi connectivity index (χ3n) is 4.67. The first kappa shape index (κ1) is 17.3. The number of rotatable bonds is 5. The number of hydrogen-bond donors (Lipinski definition) is 0. The van der Waals surface area contributed by atoms with E-state index in [1.807, 2.05) is 36.1 Å². The van der Waals surface area contributed by atoms with Gasteiger partial charge in [-0.3, -0.25) is 4.79 Å². The Bertz CT molecular complexity index is 885. The number of amides is 1. The number of carbonyl (C=O) groups excluding carboxylic acids is 1.